The van der Waals surface area contributed by atoms with Gasteiger partial charge in [-0.05, 0) is 31.7 Å². The maximum Gasteiger partial charge on any atom is 0.0880 e. The van der Waals surface area contributed by atoms with Crippen LogP contribution >= 0.6 is 0 Å². The lowest BCUT2D eigenvalue weighted by molar-refractivity contribution is 0.105. The zero-order valence-electron chi connectivity index (χ0n) is 10.8. The molecule has 1 aliphatic rings. The summed E-state index contributed by atoms with van der Waals surface area (Å²) in [4.78, 5) is 2.41. The zero-order chi connectivity index (χ0) is 12.0. The van der Waals surface area contributed by atoms with Gasteiger partial charge in [0.2, 0.25) is 0 Å². The van der Waals surface area contributed by atoms with Crippen LogP contribution in [0, 0.1) is 5.92 Å². The molecular weight excluding hydrogens is 202 g/mol. The van der Waals surface area contributed by atoms with Crippen molar-refractivity contribution in [2.75, 3.05) is 26.7 Å². The molecule has 1 N–H and O–H groups in total. The van der Waals surface area contributed by atoms with Gasteiger partial charge in [-0.25, -0.2) is 0 Å². The lowest BCUT2D eigenvalue weighted by atomic mass is 10.0. The first-order chi connectivity index (χ1) is 7.63. The van der Waals surface area contributed by atoms with Crippen LogP contribution in [-0.4, -0.2) is 48.8 Å². The Labute approximate surface area is 98.7 Å². The smallest absolute Gasteiger partial charge is 0.0880 e. The van der Waals surface area contributed by atoms with Crippen molar-refractivity contribution in [3.8, 4) is 0 Å². The van der Waals surface area contributed by atoms with Crippen LogP contribution in [0.3, 0.4) is 0 Å². The van der Waals surface area contributed by atoms with Gasteiger partial charge in [0.25, 0.3) is 0 Å². The number of likely N-dealkylation sites (tertiary alicyclic amines) is 1. The number of hydrogen-bond acceptors (Lipinski definition) is 4. The third-order valence-electron chi connectivity index (χ3n) is 3.12. The molecule has 0 aromatic heterocycles. The minimum atomic E-state index is -0.364. The van der Waals surface area contributed by atoms with Crippen LogP contribution < -0.4 is 0 Å². The van der Waals surface area contributed by atoms with Crippen LogP contribution in [0.2, 0.25) is 0 Å². The van der Waals surface area contributed by atoms with E-state index in [-0.39, 0.29) is 6.10 Å². The first-order valence-corrected chi connectivity index (χ1v) is 6.31. The monoisotopic (exact) mass is 227 g/mol. The normalized spacial score (nSPS) is 24.7. The third kappa shape index (κ3) is 4.58. The van der Waals surface area contributed by atoms with Gasteiger partial charge in [0.1, 0.15) is 0 Å². The first-order valence-electron chi connectivity index (χ1n) is 6.31. The maximum atomic E-state index is 9.80. The summed E-state index contributed by atoms with van der Waals surface area (Å²) in [5, 5.41) is 17.3. The standard InChI is InChI=1S/C12H25N3O/c1-10(2)7-11-5-4-6-15(11)9-12(16)8-14-13-3/h10-12,16H,4-9H2,1-3H3/b14-13+/t11?,12-/m0/s1. The zero-order valence-corrected chi connectivity index (χ0v) is 10.8. The number of aliphatic hydroxyl groups is 1. The molecule has 0 spiro atoms. The summed E-state index contributed by atoms with van der Waals surface area (Å²) >= 11 is 0. The second-order valence-electron chi connectivity index (χ2n) is 5.10. The van der Waals surface area contributed by atoms with Gasteiger partial charge in [0.15, 0.2) is 0 Å². The summed E-state index contributed by atoms with van der Waals surface area (Å²) in [5.41, 5.74) is 0. The fourth-order valence-corrected chi connectivity index (χ4v) is 2.45. The second-order valence-corrected chi connectivity index (χ2v) is 5.10. The van der Waals surface area contributed by atoms with E-state index < -0.39 is 0 Å². The lowest BCUT2D eigenvalue weighted by Crippen LogP contribution is -2.38. The Morgan fingerprint density at radius 2 is 2.19 bits per heavy atom. The number of aliphatic hydroxyl groups excluding tert-OH is 1. The molecule has 1 saturated heterocycles. The van der Waals surface area contributed by atoms with Crippen molar-refractivity contribution < 1.29 is 5.11 Å². The summed E-state index contributed by atoms with van der Waals surface area (Å²) < 4.78 is 0. The average Bonchev–Trinajstić information content (AvgIpc) is 2.62. The molecule has 0 saturated carbocycles. The van der Waals surface area contributed by atoms with E-state index in [0.29, 0.717) is 12.6 Å². The minimum Gasteiger partial charge on any atom is -0.390 e. The van der Waals surface area contributed by atoms with Crippen LogP contribution in [0.25, 0.3) is 0 Å². The van der Waals surface area contributed by atoms with Gasteiger partial charge in [-0.3, -0.25) is 4.90 Å². The third-order valence-corrected chi connectivity index (χ3v) is 3.12. The molecule has 0 aromatic rings. The van der Waals surface area contributed by atoms with E-state index >= 15 is 0 Å². The van der Waals surface area contributed by atoms with Crippen LogP contribution in [0.5, 0.6) is 0 Å². The molecule has 0 aliphatic carbocycles. The highest BCUT2D eigenvalue weighted by Gasteiger charge is 2.26. The molecule has 0 aromatic carbocycles. The van der Waals surface area contributed by atoms with Gasteiger partial charge in [-0.1, -0.05) is 13.8 Å². The van der Waals surface area contributed by atoms with Crippen LogP contribution in [0.1, 0.15) is 33.1 Å². The van der Waals surface area contributed by atoms with Gasteiger partial charge in [0, 0.05) is 19.6 Å². The van der Waals surface area contributed by atoms with Crippen molar-refractivity contribution in [2.24, 2.45) is 16.1 Å². The topological polar surface area (TPSA) is 48.2 Å². The highest BCUT2D eigenvalue weighted by molar-refractivity contribution is 4.81. The second kappa shape index (κ2) is 6.97. The van der Waals surface area contributed by atoms with Crippen molar-refractivity contribution in [3.05, 3.63) is 0 Å². The Kier molecular flexibility index (Phi) is 5.91. The maximum absolute atomic E-state index is 9.80. The van der Waals surface area contributed by atoms with Crippen LogP contribution in [0.4, 0.5) is 0 Å². The molecule has 94 valence electrons. The molecule has 4 heteroatoms. The Morgan fingerprint density at radius 3 is 2.81 bits per heavy atom. The van der Waals surface area contributed by atoms with Crippen molar-refractivity contribution in [2.45, 2.75) is 45.3 Å². The Hall–Kier alpha value is -0.480. The molecule has 16 heavy (non-hydrogen) atoms. The van der Waals surface area contributed by atoms with Crippen LogP contribution in [-0.2, 0) is 0 Å². The molecule has 2 atom stereocenters. The van der Waals surface area contributed by atoms with Crippen molar-refractivity contribution in [1.29, 1.82) is 0 Å². The minimum absolute atomic E-state index is 0.364. The highest BCUT2D eigenvalue weighted by Crippen LogP contribution is 2.23. The van der Waals surface area contributed by atoms with E-state index in [4.69, 9.17) is 0 Å². The van der Waals surface area contributed by atoms with E-state index in [2.05, 4.69) is 29.0 Å². The molecule has 1 aliphatic heterocycles. The molecule has 1 unspecified atom stereocenters. The largest absolute Gasteiger partial charge is 0.390 e. The van der Waals surface area contributed by atoms with Gasteiger partial charge in [-0.15, -0.1) is 0 Å². The fourth-order valence-electron chi connectivity index (χ4n) is 2.45. The summed E-state index contributed by atoms with van der Waals surface area (Å²) in [7, 11) is 1.64. The Morgan fingerprint density at radius 1 is 1.44 bits per heavy atom. The lowest BCUT2D eigenvalue weighted by Gasteiger charge is -2.27. The van der Waals surface area contributed by atoms with Crippen LogP contribution in [0.15, 0.2) is 10.2 Å². The van der Waals surface area contributed by atoms with Crippen molar-refractivity contribution in [3.63, 3.8) is 0 Å². The van der Waals surface area contributed by atoms with E-state index in [9.17, 15) is 5.11 Å². The van der Waals surface area contributed by atoms with E-state index in [1.54, 1.807) is 7.05 Å². The molecule has 0 amide bonds. The van der Waals surface area contributed by atoms with Crippen molar-refractivity contribution in [1.82, 2.24) is 4.90 Å². The van der Waals surface area contributed by atoms with Gasteiger partial charge < -0.3 is 5.11 Å². The summed E-state index contributed by atoms with van der Waals surface area (Å²) in [5.74, 6) is 0.734. The number of nitrogens with zero attached hydrogens (tertiary/aromatic N) is 3. The van der Waals surface area contributed by atoms with Gasteiger partial charge in [0.05, 0.1) is 12.6 Å². The molecule has 1 rings (SSSR count). The SMILES string of the molecule is C/N=N/C[C@H](O)CN1CCCC1CC(C)C. The molecular formula is C12H25N3O. The Bertz CT molecular complexity index is 218. The summed E-state index contributed by atoms with van der Waals surface area (Å²) in [6.07, 6.45) is 3.41. The Balaban J connectivity index is 2.34. The number of β-amino-alcohol motifs (C(OH)–C–C–N with tert-alkyl or cyclic N) is 1. The summed E-state index contributed by atoms with van der Waals surface area (Å²) in [6, 6.07) is 0.660. The predicted molar refractivity (Wildman–Crippen MR) is 65.7 cm³/mol. The molecule has 0 radical (unpaired) electrons. The number of hydrogen-bond donors (Lipinski definition) is 1. The predicted octanol–water partition coefficient (Wildman–Crippen LogP) is 1.94. The van der Waals surface area contributed by atoms with E-state index in [1.807, 2.05) is 0 Å². The molecule has 1 fully saturated rings. The first kappa shape index (κ1) is 13.6. The van der Waals surface area contributed by atoms with E-state index in [0.717, 1.165) is 19.0 Å². The highest BCUT2D eigenvalue weighted by atomic mass is 16.3. The molecule has 1 heterocycles. The van der Waals surface area contributed by atoms with Gasteiger partial charge in [-0.2, -0.15) is 10.2 Å². The molecule has 0 bridgehead atoms. The number of rotatable bonds is 6. The van der Waals surface area contributed by atoms with E-state index in [1.165, 1.54) is 19.3 Å². The summed E-state index contributed by atoms with van der Waals surface area (Å²) in [6.45, 7) is 6.83. The number of azo groups is 1. The van der Waals surface area contributed by atoms with Crippen molar-refractivity contribution >= 4 is 0 Å². The average molecular weight is 227 g/mol. The quantitative estimate of drug-likeness (QED) is 0.705. The van der Waals surface area contributed by atoms with Gasteiger partial charge >= 0.3 is 0 Å². The fraction of sp³-hybridized carbons (Fsp3) is 1.00. The molecule has 4 nitrogen and oxygen atoms in total.